The SMILES string of the molecule is CCOC(=O)CN(C)C(=O)c1ccc(N)cc1N. The number of anilines is 2. The van der Waals surface area contributed by atoms with Gasteiger partial charge in [-0.3, -0.25) is 9.59 Å². The first-order valence-electron chi connectivity index (χ1n) is 5.51. The maximum absolute atomic E-state index is 12.0. The van der Waals surface area contributed by atoms with E-state index in [4.69, 9.17) is 16.2 Å². The summed E-state index contributed by atoms with van der Waals surface area (Å²) in [6.07, 6.45) is 0. The van der Waals surface area contributed by atoms with Crippen LogP contribution in [0.25, 0.3) is 0 Å². The summed E-state index contributed by atoms with van der Waals surface area (Å²) < 4.78 is 4.76. The van der Waals surface area contributed by atoms with E-state index in [1.165, 1.54) is 24.1 Å². The second-order valence-electron chi connectivity index (χ2n) is 3.81. The van der Waals surface area contributed by atoms with Crippen molar-refractivity contribution in [1.82, 2.24) is 4.90 Å². The van der Waals surface area contributed by atoms with Crippen LogP contribution >= 0.6 is 0 Å². The molecule has 0 aromatic heterocycles. The number of rotatable bonds is 4. The van der Waals surface area contributed by atoms with E-state index in [1.807, 2.05) is 0 Å². The summed E-state index contributed by atoms with van der Waals surface area (Å²) >= 11 is 0. The van der Waals surface area contributed by atoms with Crippen LogP contribution in [0, 0.1) is 0 Å². The van der Waals surface area contributed by atoms with Gasteiger partial charge in [0, 0.05) is 18.4 Å². The lowest BCUT2D eigenvalue weighted by molar-refractivity contribution is -0.143. The number of likely N-dealkylation sites (N-methyl/N-ethyl adjacent to an activating group) is 1. The van der Waals surface area contributed by atoms with Crippen molar-refractivity contribution in [3.05, 3.63) is 23.8 Å². The van der Waals surface area contributed by atoms with Gasteiger partial charge in [-0.1, -0.05) is 0 Å². The molecular weight excluding hydrogens is 234 g/mol. The zero-order valence-corrected chi connectivity index (χ0v) is 10.5. The molecule has 18 heavy (non-hydrogen) atoms. The van der Waals surface area contributed by atoms with Gasteiger partial charge >= 0.3 is 5.97 Å². The van der Waals surface area contributed by atoms with Crippen LogP contribution < -0.4 is 11.5 Å². The van der Waals surface area contributed by atoms with Crippen molar-refractivity contribution in [1.29, 1.82) is 0 Å². The Morgan fingerprint density at radius 1 is 1.33 bits per heavy atom. The molecule has 1 aromatic carbocycles. The molecule has 1 amide bonds. The fourth-order valence-electron chi connectivity index (χ4n) is 1.45. The number of hydrogen-bond acceptors (Lipinski definition) is 5. The fourth-order valence-corrected chi connectivity index (χ4v) is 1.45. The zero-order chi connectivity index (χ0) is 13.7. The number of carbonyl (C=O) groups is 2. The summed E-state index contributed by atoms with van der Waals surface area (Å²) in [4.78, 5) is 24.5. The largest absolute Gasteiger partial charge is 0.465 e. The van der Waals surface area contributed by atoms with E-state index in [9.17, 15) is 9.59 Å². The molecule has 98 valence electrons. The Labute approximate surface area is 105 Å². The summed E-state index contributed by atoms with van der Waals surface area (Å²) in [6.45, 7) is 1.87. The van der Waals surface area contributed by atoms with Gasteiger partial charge in [-0.25, -0.2) is 0 Å². The topological polar surface area (TPSA) is 98.6 Å². The molecule has 6 nitrogen and oxygen atoms in total. The van der Waals surface area contributed by atoms with Gasteiger partial charge in [-0.15, -0.1) is 0 Å². The highest BCUT2D eigenvalue weighted by Gasteiger charge is 2.17. The third-order valence-electron chi connectivity index (χ3n) is 2.32. The summed E-state index contributed by atoms with van der Waals surface area (Å²) in [5, 5.41) is 0. The molecule has 1 rings (SSSR count). The van der Waals surface area contributed by atoms with Crippen molar-refractivity contribution in [3.8, 4) is 0 Å². The maximum atomic E-state index is 12.0. The van der Waals surface area contributed by atoms with E-state index >= 15 is 0 Å². The van der Waals surface area contributed by atoms with Gasteiger partial charge in [0.2, 0.25) is 0 Å². The van der Waals surface area contributed by atoms with E-state index in [0.717, 1.165) is 0 Å². The van der Waals surface area contributed by atoms with Crippen LogP contribution in [0.4, 0.5) is 11.4 Å². The lowest BCUT2D eigenvalue weighted by atomic mass is 10.1. The number of hydrogen-bond donors (Lipinski definition) is 2. The summed E-state index contributed by atoms with van der Waals surface area (Å²) in [7, 11) is 1.51. The minimum absolute atomic E-state index is 0.115. The van der Waals surface area contributed by atoms with Gasteiger partial charge in [-0.2, -0.15) is 0 Å². The van der Waals surface area contributed by atoms with Gasteiger partial charge in [0.15, 0.2) is 0 Å². The second-order valence-corrected chi connectivity index (χ2v) is 3.81. The third-order valence-corrected chi connectivity index (χ3v) is 2.32. The predicted octanol–water partition coefficient (Wildman–Crippen LogP) is 0.486. The Kier molecular flexibility index (Phi) is 4.53. The molecule has 6 heteroatoms. The predicted molar refractivity (Wildman–Crippen MR) is 68.9 cm³/mol. The van der Waals surface area contributed by atoms with E-state index in [-0.39, 0.29) is 24.7 Å². The van der Waals surface area contributed by atoms with E-state index in [0.29, 0.717) is 11.3 Å². The minimum atomic E-state index is -0.456. The van der Waals surface area contributed by atoms with Gasteiger partial charge in [0.25, 0.3) is 5.91 Å². The number of benzene rings is 1. The van der Waals surface area contributed by atoms with Crippen LogP contribution in [-0.4, -0.2) is 37.0 Å². The van der Waals surface area contributed by atoms with Gasteiger partial charge in [0.1, 0.15) is 6.54 Å². The van der Waals surface area contributed by atoms with Gasteiger partial charge in [0.05, 0.1) is 12.2 Å². The van der Waals surface area contributed by atoms with Crippen molar-refractivity contribution >= 4 is 23.3 Å². The summed E-state index contributed by atoms with van der Waals surface area (Å²) in [5.41, 5.74) is 12.3. The number of carbonyl (C=O) groups excluding carboxylic acids is 2. The third kappa shape index (κ3) is 3.38. The van der Waals surface area contributed by atoms with E-state index in [1.54, 1.807) is 13.0 Å². The lowest BCUT2D eigenvalue weighted by Gasteiger charge is -2.17. The van der Waals surface area contributed by atoms with Crippen molar-refractivity contribution in [2.45, 2.75) is 6.92 Å². The smallest absolute Gasteiger partial charge is 0.325 e. The molecular formula is C12H17N3O3. The molecule has 4 N–H and O–H groups in total. The Hall–Kier alpha value is -2.24. The minimum Gasteiger partial charge on any atom is -0.465 e. The first kappa shape index (κ1) is 13.8. The van der Waals surface area contributed by atoms with Crippen LogP contribution in [0.1, 0.15) is 17.3 Å². The van der Waals surface area contributed by atoms with Crippen LogP contribution in [0.2, 0.25) is 0 Å². The molecule has 1 aromatic rings. The highest BCUT2D eigenvalue weighted by molar-refractivity contribution is 6.00. The van der Waals surface area contributed by atoms with Gasteiger partial charge < -0.3 is 21.1 Å². The number of nitrogens with zero attached hydrogens (tertiary/aromatic N) is 1. The van der Waals surface area contributed by atoms with E-state index < -0.39 is 5.97 Å². The molecule has 0 radical (unpaired) electrons. The second kappa shape index (κ2) is 5.90. The average molecular weight is 251 g/mol. The molecule has 0 heterocycles. The fraction of sp³-hybridized carbons (Fsp3) is 0.333. The normalized spacial score (nSPS) is 9.89. The highest BCUT2D eigenvalue weighted by atomic mass is 16.5. The standard InChI is InChI=1S/C12H17N3O3/c1-3-18-11(16)7-15(2)12(17)9-5-4-8(13)6-10(9)14/h4-6H,3,7,13-14H2,1-2H3. The molecule has 0 bridgehead atoms. The van der Waals surface area contributed by atoms with Crippen molar-refractivity contribution in [2.75, 3.05) is 31.7 Å². The number of nitrogens with two attached hydrogens (primary N) is 2. The molecule has 0 fully saturated rings. The summed E-state index contributed by atoms with van der Waals surface area (Å²) in [6, 6.07) is 4.63. The van der Waals surface area contributed by atoms with Crippen molar-refractivity contribution in [2.24, 2.45) is 0 Å². The first-order chi connectivity index (χ1) is 8.45. The Morgan fingerprint density at radius 3 is 2.56 bits per heavy atom. The molecule has 0 aliphatic carbocycles. The average Bonchev–Trinajstić information content (AvgIpc) is 2.28. The molecule has 0 aliphatic heterocycles. The molecule has 0 atom stereocenters. The highest BCUT2D eigenvalue weighted by Crippen LogP contribution is 2.17. The van der Waals surface area contributed by atoms with Crippen molar-refractivity contribution < 1.29 is 14.3 Å². The summed E-state index contributed by atoms with van der Waals surface area (Å²) in [5.74, 6) is -0.803. The molecule has 0 unspecified atom stereocenters. The molecule has 0 saturated heterocycles. The molecule has 0 spiro atoms. The number of esters is 1. The van der Waals surface area contributed by atoms with Crippen LogP contribution in [-0.2, 0) is 9.53 Å². The Bertz CT molecular complexity index is 460. The number of amides is 1. The number of ether oxygens (including phenoxy) is 1. The monoisotopic (exact) mass is 251 g/mol. The maximum Gasteiger partial charge on any atom is 0.325 e. The molecule has 0 saturated carbocycles. The van der Waals surface area contributed by atoms with Crippen LogP contribution in [0.3, 0.4) is 0 Å². The zero-order valence-electron chi connectivity index (χ0n) is 10.5. The van der Waals surface area contributed by atoms with Gasteiger partial charge in [-0.05, 0) is 25.1 Å². The van der Waals surface area contributed by atoms with Crippen molar-refractivity contribution in [3.63, 3.8) is 0 Å². The number of nitrogen functional groups attached to an aromatic ring is 2. The Morgan fingerprint density at radius 2 is 2.00 bits per heavy atom. The van der Waals surface area contributed by atoms with Crippen LogP contribution in [0.15, 0.2) is 18.2 Å². The lowest BCUT2D eigenvalue weighted by Crippen LogP contribution is -2.33. The quantitative estimate of drug-likeness (QED) is 0.599. The molecule has 0 aliphatic rings. The Balaban J connectivity index is 2.77. The van der Waals surface area contributed by atoms with E-state index in [2.05, 4.69) is 0 Å². The van der Waals surface area contributed by atoms with Crippen LogP contribution in [0.5, 0.6) is 0 Å². The first-order valence-corrected chi connectivity index (χ1v) is 5.51.